The monoisotopic (exact) mass is 340 g/mol. The van der Waals surface area contributed by atoms with Crippen LogP contribution in [0.2, 0.25) is 0 Å². The Kier molecular flexibility index (Phi) is 10.2. The van der Waals surface area contributed by atoms with Gasteiger partial charge in [-0.3, -0.25) is 0 Å². The van der Waals surface area contributed by atoms with E-state index in [4.69, 9.17) is 5.73 Å². The molecule has 1 aliphatic rings. The van der Waals surface area contributed by atoms with Crippen molar-refractivity contribution in [3.8, 4) is 0 Å². The third-order valence-electron chi connectivity index (χ3n) is 4.33. The van der Waals surface area contributed by atoms with Gasteiger partial charge in [0, 0.05) is 11.6 Å². The molecule has 2 atom stereocenters. The molecule has 0 aromatic heterocycles. The van der Waals surface area contributed by atoms with Crippen LogP contribution in [0, 0.1) is 0 Å². The normalized spacial score (nSPS) is 18.2. The number of rotatable bonds is 13. The first-order valence-corrected chi connectivity index (χ1v) is 9.18. The lowest BCUT2D eigenvalue weighted by atomic mass is 9.99. The Hall–Kier alpha value is -1.56. The van der Waals surface area contributed by atoms with Crippen molar-refractivity contribution in [1.82, 2.24) is 5.32 Å². The van der Waals surface area contributed by atoms with E-state index < -0.39 is 18.3 Å². The average molecular weight is 340 g/mol. The number of carbonyl (C=O) groups excluding carboxylic acids is 2. The third-order valence-corrected chi connectivity index (χ3v) is 4.33. The number of hydrogen-bond donors (Lipinski definition) is 3. The van der Waals surface area contributed by atoms with Crippen LogP contribution in [0.4, 0.5) is 4.79 Å². The Balaban J connectivity index is 2.20. The van der Waals surface area contributed by atoms with Crippen molar-refractivity contribution < 1.29 is 19.4 Å². The maximum Gasteiger partial charge on any atom is 0.336 e. The van der Waals surface area contributed by atoms with Crippen LogP contribution in [0.15, 0.2) is 11.6 Å². The maximum atomic E-state index is 11.4. The Morgan fingerprint density at radius 1 is 1.21 bits per heavy atom. The van der Waals surface area contributed by atoms with E-state index in [0.29, 0.717) is 12.0 Å². The second-order valence-corrected chi connectivity index (χ2v) is 6.50. The molecule has 0 bridgehead atoms. The summed E-state index contributed by atoms with van der Waals surface area (Å²) < 4.78 is 4.65. The molecule has 0 aromatic rings. The fourth-order valence-electron chi connectivity index (χ4n) is 3.02. The molecular formula is C18H32N2O4. The Bertz CT molecular complexity index is 423. The second kappa shape index (κ2) is 11.9. The number of nitrogens with one attached hydrogen (secondary N) is 1. The summed E-state index contributed by atoms with van der Waals surface area (Å²) in [7, 11) is 0. The molecule has 0 radical (unpaired) electrons. The lowest BCUT2D eigenvalue weighted by Gasteiger charge is -2.17. The molecule has 2 unspecified atom stereocenters. The summed E-state index contributed by atoms with van der Waals surface area (Å²) in [5, 5.41) is 12.0. The van der Waals surface area contributed by atoms with E-state index in [9.17, 15) is 14.7 Å². The summed E-state index contributed by atoms with van der Waals surface area (Å²) in [6, 6.07) is -0.459. The van der Waals surface area contributed by atoms with Crippen LogP contribution in [-0.4, -0.2) is 29.4 Å². The predicted octanol–water partition coefficient (Wildman–Crippen LogP) is 3.14. The van der Waals surface area contributed by atoms with Gasteiger partial charge < -0.3 is 20.9 Å². The van der Waals surface area contributed by atoms with Crippen LogP contribution >= 0.6 is 0 Å². The molecule has 6 nitrogen and oxygen atoms in total. The number of hydrogen-bond acceptors (Lipinski definition) is 4. The number of primary amides is 1. The number of nitrogens with two attached hydrogens (primary N) is 1. The van der Waals surface area contributed by atoms with E-state index in [1.54, 1.807) is 0 Å². The van der Waals surface area contributed by atoms with Crippen molar-refractivity contribution in [3.05, 3.63) is 11.6 Å². The minimum atomic E-state index is -1.11. The molecule has 1 rings (SSSR count). The van der Waals surface area contributed by atoms with Gasteiger partial charge in [0.1, 0.15) is 0 Å². The van der Waals surface area contributed by atoms with Gasteiger partial charge in [-0.05, 0) is 31.8 Å². The molecule has 0 saturated heterocycles. The van der Waals surface area contributed by atoms with E-state index in [0.717, 1.165) is 25.7 Å². The smallest absolute Gasteiger partial charge is 0.336 e. The zero-order valence-corrected chi connectivity index (χ0v) is 14.8. The first-order chi connectivity index (χ1) is 11.5. The summed E-state index contributed by atoms with van der Waals surface area (Å²) >= 11 is 0. The fraction of sp³-hybridized carbons (Fsp3) is 0.778. The van der Waals surface area contributed by atoms with E-state index in [1.165, 1.54) is 44.6 Å². The van der Waals surface area contributed by atoms with Crippen LogP contribution in [0.3, 0.4) is 0 Å². The molecule has 6 heteroatoms. The lowest BCUT2D eigenvalue weighted by molar-refractivity contribution is -0.151. The lowest BCUT2D eigenvalue weighted by Crippen LogP contribution is -2.38. The minimum Gasteiger partial charge on any atom is -0.429 e. The first-order valence-electron chi connectivity index (χ1n) is 9.18. The van der Waals surface area contributed by atoms with Gasteiger partial charge >= 0.3 is 12.0 Å². The summed E-state index contributed by atoms with van der Waals surface area (Å²) in [6.07, 6.45) is 11.9. The number of aliphatic hydroxyl groups is 1. The molecule has 138 valence electrons. The van der Waals surface area contributed by atoms with Crippen molar-refractivity contribution in [1.29, 1.82) is 0 Å². The largest absolute Gasteiger partial charge is 0.429 e. The molecule has 0 saturated carbocycles. The average Bonchev–Trinajstić information content (AvgIpc) is 2.83. The van der Waals surface area contributed by atoms with Gasteiger partial charge in [0.15, 0.2) is 0 Å². The first kappa shape index (κ1) is 20.5. The van der Waals surface area contributed by atoms with Gasteiger partial charge in [-0.25, -0.2) is 9.59 Å². The number of cyclic esters (lactones) is 1. The Labute approximate surface area is 144 Å². The summed E-state index contributed by atoms with van der Waals surface area (Å²) in [6.45, 7) is 2.21. The van der Waals surface area contributed by atoms with Crippen LogP contribution in [0.25, 0.3) is 0 Å². The molecule has 24 heavy (non-hydrogen) atoms. The van der Waals surface area contributed by atoms with Crippen LogP contribution in [0.1, 0.15) is 77.6 Å². The van der Waals surface area contributed by atoms with Gasteiger partial charge in [0.05, 0.1) is 0 Å². The fourth-order valence-corrected chi connectivity index (χ4v) is 3.02. The van der Waals surface area contributed by atoms with Crippen LogP contribution < -0.4 is 11.1 Å². The number of aliphatic hydroxyl groups excluding tert-OH is 1. The highest BCUT2D eigenvalue weighted by Crippen LogP contribution is 2.19. The number of carbonyl (C=O) groups is 2. The molecule has 1 heterocycles. The van der Waals surface area contributed by atoms with E-state index in [1.807, 2.05) is 0 Å². The summed E-state index contributed by atoms with van der Waals surface area (Å²) in [5.41, 5.74) is 5.75. The molecule has 4 N–H and O–H groups in total. The van der Waals surface area contributed by atoms with Crippen LogP contribution in [-0.2, 0) is 9.53 Å². The quantitative estimate of drug-likeness (QED) is 0.354. The highest BCUT2D eigenvalue weighted by Gasteiger charge is 2.23. The molecule has 1 aliphatic heterocycles. The molecule has 2 amide bonds. The molecule has 0 fully saturated rings. The zero-order chi connectivity index (χ0) is 17.8. The van der Waals surface area contributed by atoms with Gasteiger partial charge in [0.25, 0.3) is 0 Å². The van der Waals surface area contributed by atoms with E-state index >= 15 is 0 Å². The number of urea groups is 1. The number of amides is 2. The molecule has 0 aromatic carbocycles. The predicted molar refractivity (Wildman–Crippen MR) is 93.1 cm³/mol. The maximum absolute atomic E-state index is 11.4. The van der Waals surface area contributed by atoms with Crippen molar-refractivity contribution >= 4 is 12.0 Å². The highest BCUT2D eigenvalue weighted by atomic mass is 16.6. The molecular weight excluding hydrogens is 308 g/mol. The number of ether oxygens (including phenoxy) is 1. The molecule has 0 spiro atoms. The van der Waals surface area contributed by atoms with Crippen molar-refractivity contribution in [2.24, 2.45) is 5.73 Å². The van der Waals surface area contributed by atoms with Gasteiger partial charge in [-0.2, -0.15) is 0 Å². The van der Waals surface area contributed by atoms with Crippen molar-refractivity contribution in [3.63, 3.8) is 0 Å². The van der Waals surface area contributed by atoms with Crippen molar-refractivity contribution in [2.75, 3.05) is 0 Å². The van der Waals surface area contributed by atoms with E-state index in [2.05, 4.69) is 17.0 Å². The SMILES string of the molecule is CCCCCCCCCC(CCCC1=CC(O)OC1=O)NC(N)=O. The van der Waals surface area contributed by atoms with Gasteiger partial charge in [-0.1, -0.05) is 51.9 Å². The Morgan fingerprint density at radius 3 is 2.42 bits per heavy atom. The minimum absolute atomic E-state index is 0.0427. The standard InChI is InChI=1S/C18H32N2O4/c1-2-3-4-5-6-7-8-11-15(20-18(19)23)12-9-10-14-13-16(21)24-17(14)22/h13,15-16,21H,2-12H2,1H3,(H3,19,20,23). The Morgan fingerprint density at radius 2 is 1.83 bits per heavy atom. The van der Waals surface area contributed by atoms with Crippen LogP contribution in [0.5, 0.6) is 0 Å². The van der Waals surface area contributed by atoms with Gasteiger partial charge in [0.2, 0.25) is 6.29 Å². The molecule has 0 aliphatic carbocycles. The van der Waals surface area contributed by atoms with E-state index in [-0.39, 0.29) is 6.04 Å². The third kappa shape index (κ3) is 8.91. The second-order valence-electron chi connectivity index (χ2n) is 6.50. The summed E-state index contributed by atoms with van der Waals surface area (Å²) in [4.78, 5) is 22.5. The topological polar surface area (TPSA) is 102 Å². The van der Waals surface area contributed by atoms with Gasteiger partial charge in [-0.15, -0.1) is 0 Å². The summed E-state index contributed by atoms with van der Waals surface area (Å²) in [5.74, 6) is -0.450. The number of esters is 1. The zero-order valence-electron chi connectivity index (χ0n) is 14.8. The highest BCUT2D eigenvalue weighted by molar-refractivity contribution is 5.90. The van der Waals surface area contributed by atoms with Crippen molar-refractivity contribution in [2.45, 2.75) is 89.9 Å². The number of unbranched alkanes of at least 4 members (excludes halogenated alkanes) is 6.